The van der Waals surface area contributed by atoms with Gasteiger partial charge in [-0.25, -0.2) is 9.78 Å². The second kappa shape index (κ2) is 7.78. The van der Waals surface area contributed by atoms with Crippen molar-refractivity contribution in [2.75, 3.05) is 0 Å². The van der Waals surface area contributed by atoms with E-state index in [4.69, 9.17) is 16.3 Å². The minimum absolute atomic E-state index is 0.00794. The summed E-state index contributed by atoms with van der Waals surface area (Å²) in [6.07, 6.45) is -0.0400. The fraction of sp³-hybridized carbons (Fsp3) is 0.389. The van der Waals surface area contributed by atoms with E-state index in [0.717, 1.165) is 0 Å². The average molecular weight is 381 g/mol. The molecule has 26 heavy (non-hydrogen) atoms. The molecule has 0 bridgehead atoms. The Morgan fingerprint density at radius 2 is 1.85 bits per heavy atom. The molecule has 1 atom stereocenters. The van der Waals surface area contributed by atoms with Gasteiger partial charge in [-0.3, -0.25) is 4.79 Å². The molecule has 3 N–H and O–H groups in total. The number of hydrogen-bond acceptors (Lipinski definition) is 5. The first-order valence-electron chi connectivity index (χ1n) is 8.14. The first-order valence-corrected chi connectivity index (χ1v) is 8.52. The van der Waals surface area contributed by atoms with Crippen LogP contribution >= 0.6 is 11.6 Å². The van der Waals surface area contributed by atoms with Crippen molar-refractivity contribution >= 4 is 34.2 Å². The van der Waals surface area contributed by atoms with E-state index >= 15 is 0 Å². The van der Waals surface area contributed by atoms with Gasteiger partial charge in [-0.15, -0.1) is 0 Å². The highest BCUT2D eigenvalue weighted by atomic mass is 35.5. The molecule has 1 heterocycles. The highest BCUT2D eigenvalue weighted by molar-refractivity contribution is 6.35. The molecule has 0 unspecified atom stereocenters. The van der Waals surface area contributed by atoms with Crippen molar-refractivity contribution in [2.45, 2.75) is 39.8 Å². The van der Waals surface area contributed by atoms with Gasteiger partial charge in [0.15, 0.2) is 11.4 Å². The number of nitrogens with zero attached hydrogens (tertiary/aromatic N) is 1. The molecule has 1 amide bonds. The van der Waals surface area contributed by atoms with Gasteiger partial charge in [-0.05, 0) is 38.0 Å². The number of rotatable bonds is 6. The first-order chi connectivity index (χ1) is 12.1. The number of carbonyl (C=O) groups is 2. The van der Waals surface area contributed by atoms with Crippen molar-refractivity contribution in [3.63, 3.8) is 0 Å². The predicted molar refractivity (Wildman–Crippen MR) is 97.9 cm³/mol. The number of aromatic hydroxyl groups is 1. The van der Waals surface area contributed by atoms with Crippen LogP contribution in [0.1, 0.15) is 38.2 Å². The molecule has 2 aromatic rings. The van der Waals surface area contributed by atoms with Gasteiger partial charge in [0.25, 0.3) is 5.91 Å². The zero-order valence-corrected chi connectivity index (χ0v) is 15.7. The van der Waals surface area contributed by atoms with Crippen LogP contribution in [0.25, 0.3) is 10.8 Å². The second-order valence-electron chi connectivity index (χ2n) is 6.51. The molecule has 0 radical (unpaired) electrons. The molecule has 0 saturated carbocycles. The Kier molecular flexibility index (Phi) is 5.92. The summed E-state index contributed by atoms with van der Waals surface area (Å²) in [5.41, 5.74) is -0.327. The molecular formula is C18H21ClN2O5. The Morgan fingerprint density at radius 3 is 2.38 bits per heavy atom. The second-order valence-corrected chi connectivity index (χ2v) is 6.87. The van der Waals surface area contributed by atoms with Crippen LogP contribution in [0, 0.1) is 5.92 Å². The smallest absolute Gasteiger partial charge is 0.326 e. The highest BCUT2D eigenvalue weighted by Crippen LogP contribution is 2.34. The number of ether oxygens (including phenoxy) is 1. The molecule has 0 spiro atoms. The Balaban J connectivity index is 2.44. The molecule has 0 saturated heterocycles. The topological polar surface area (TPSA) is 109 Å². The molecule has 0 aliphatic rings. The predicted octanol–water partition coefficient (Wildman–Crippen LogP) is 3.22. The summed E-state index contributed by atoms with van der Waals surface area (Å²) in [6.45, 7) is 7.08. The summed E-state index contributed by atoms with van der Waals surface area (Å²) >= 11 is 6.17. The monoisotopic (exact) mass is 380 g/mol. The maximum absolute atomic E-state index is 12.4. The normalized spacial score (nSPS) is 12.4. The van der Waals surface area contributed by atoms with Gasteiger partial charge in [0.05, 0.1) is 6.10 Å². The number of benzene rings is 1. The minimum Gasteiger partial charge on any atom is -0.505 e. The van der Waals surface area contributed by atoms with Gasteiger partial charge in [-0.2, -0.15) is 0 Å². The zero-order valence-electron chi connectivity index (χ0n) is 14.9. The standard InChI is InChI=1S/C18H21ClN2O5/c1-8(2)13(18(24)25)21-17(23)14-15(22)11-6-5-10(26-9(3)4)7-12(11)16(19)20-14/h5-9,13,22H,1-4H3,(H,21,23)(H,24,25)/t13-/m1/s1. The van der Waals surface area contributed by atoms with Crippen molar-refractivity contribution in [3.05, 3.63) is 29.0 Å². The van der Waals surface area contributed by atoms with Crippen LogP contribution < -0.4 is 10.1 Å². The van der Waals surface area contributed by atoms with E-state index < -0.39 is 17.9 Å². The number of pyridine rings is 1. The van der Waals surface area contributed by atoms with Crippen molar-refractivity contribution in [2.24, 2.45) is 5.92 Å². The number of hydrogen-bond donors (Lipinski definition) is 3. The Labute approximate surface area is 155 Å². The van der Waals surface area contributed by atoms with E-state index in [1.54, 1.807) is 32.0 Å². The Hall–Kier alpha value is -2.54. The number of carboxylic acids is 1. The Morgan fingerprint density at radius 1 is 1.19 bits per heavy atom. The van der Waals surface area contributed by atoms with Crippen LogP contribution in [0.3, 0.4) is 0 Å². The van der Waals surface area contributed by atoms with Crippen molar-refractivity contribution in [3.8, 4) is 11.5 Å². The number of aromatic nitrogens is 1. The highest BCUT2D eigenvalue weighted by Gasteiger charge is 2.27. The van der Waals surface area contributed by atoms with Crippen molar-refractivity contribution in [1.82, 2.24) is 10.3 Å². The van der Waals surface area contributed by atoms with Crippen LogP contribution in [0.5, 0.6) is 11.5 Å². The fourth-order valence-electron chi connectivity index (χ4n) is 2.47. The van der Waals surface area contributed by atoms with Crippen LogP contribution in [-0.4, -0.2) is 39.2 Å². The molecule has 140 valence electrons. The van der Waals surface area contributed by atoms with Gasteiger partial charge >= 0.3 is 5.97 Å². The molecule has 1 aromatic heterocycles. The van der Waals surface area contributed by atoms with Gasteiger partial charge in [0.2, 0.25) is 0 Å². The third-order valence-electron chi connectivity index (χ3n) is 3.71. The van der Waals surface area contributed by atoms with E-state index in [0.29, 0.717) is 16.5 Å². The summed E-state index contributed by atoms with van der Waals surface area (Å²) in [5.74, 6) is -2.14. The van der Waals surface area contributed by atoms with Crippen LogP contribution in [0.15, 0.2) is 18.2 Å². The van der Waals surface area contributed by atoms with Gasteiger partial charge < -0.3 is 20.3 Å². The average Bonchev–Trinajstić information content (AvgIpc) is 2.54. The number of nitrogens with one attached hydrogen (secondary N) is 1. The van der Waals surface area contributed by atoms with Gasteiger partial charge in [0.1, 0.15) is 16.9 Å². The molecule has 0 fully saturated rings. The van der Waals surface area contributed by atoms with Crippen LogP contribution in [0.4, 0.5) is 0 Å². The summed E-state index contributed by atoms with van der Waals surface area (Å²) < 4.78 is 5.59. The number of carbonyl (C=O) groups excluding carboxylic acids is 1. The summed E-state index contributed by atoms with van der Waals surface area (Å²) in [5, 5.41) is 22.8. The summed E-state index contributed by atoms with van der Waals surface area (Å²) in [7, 11) is 0. The van der Waals surface area contributed by atoms with E-state index in [-0.39, 0.29) is 28.6 Å². The number of amides is 1. The number of aliphatic carboxylic acids is 1. The lowest BCUT2D eigenvalue weighted by atomic mass is 10.0. The zero-order chi connectivity index (χ0) is 19.6. The maximum atomic E-state index is 12.4. The lowest BCUT2D eigenvalue weighted by Crippen LogP contribution is -2.44. The molecule has 0 aliphatic heterocycles. The van der Waals surface area contributed by atoms with Crippen LogP contribution in [-0.2, 0) is 4.79 Å². The maximum Gasteiger partial charge on any atom is 0.326 e. The van der Waals surface area contributed by atoms with Crippen LogP contribution in [0.2, 0.25) is 5.15 Å². The number of carboxylic acid groups (broad SMARTS) is 1. The third-order valence-corrected chi connectivity index (χ3v) is 4.00. The van der Waals surface area contributed by atoms with Crippen molar-refractivity contribution in [1.29, 1.82) is 0 Å². The summed E-state index contributed by atoms with van der Waals surface area (Å²) in [4.78, 5) is 27.6. The number of fused-ring (bicyclic) bond motifs is 1. The fourth-order valence-corrected chi connectivity index (χ4v) is 2.71. The molecule has 2 rings (SSSR count). The SMILES string of the molecule is CC(C)Oc1ccc2c(O)c(C(=O)N[C@@H](C(=O)O)C(C)C)nc(Cl)c2c1. The van der Waals surface area contributed by atoms with E-state index in [1.165, 1.54) is 0 Å². The van der Waals surface area contributed by atoms with Crippen molar-refractivity contribution < 1.29 is 24.5 Å². The lowest BCUT2D eigenvalue weighted by Gasteiger charge is -2.18. The van der Waals surface area contributed by atoms with Gasteiger partial charge in [0, 0.05) is 10.8 Å². The molecule has 1 aromatic carbocycles. The molecule has 0 aliphatic carbocycles. The lowest BCUT2D eigenvalue weighted by molar-refractivity contribution is -0.140. The molecule has 7 nitrogen and oxygen atoms in total. The van der Waals surface area contributed by atoms with Gasteiger partial charge in [-0.1, -0.05) is 25.4 Å². The van der Waals surface area contributed by atoms with E-state index in [2.05, 4.69) is 10.3 Å². The summed E-state index contributed by atoms with van der Waals surface area (Å²) in [6, 6.07) is 3.73. The Bertz CT molecular complexity index is 851. The minimum atomic E-state index is -1.17. The quantitative estimate of drug-likeness (QED) is 0.664. The van der Waals surface area contributed by atoms with E-state index in [9.17, 15) is 19.8 Å². The number of halogens is 1. The molecular weight excluding hydrogens is 360 g/mol. The first kappa shape index (κ1) is 19.8. The molecule has 8 heteroatoms. The van der Waals surface area contributed by atoms with E-state index in [1.807, 2.05) is 13.8 Å². The third kappa shape index (κ3) is 4.16. The largest absolute Gasteiger partial charge is 0.505 e.